The SMILES string of the molecule is CC1CC(Oc2ccc(C3(c4ccc(Oc5ccc(N)c(O)c5F)cc4)c4ccccc4-c4ccccc43)cc2)=C(F)C(O)=C1N. The lowest BCUT2D eigenvalue weighted by atomic mass is 9.68. The van der Waals surface area contributed by atoms with E-state index in [1.54, 1.807) is 31.2 Å². The molecule has 8 heteroatoms. The number of fused-ring (bicyclic) bond motifs is 3. The van der Waals surface area contributed by atoms with Crippen LogP contribution in [0.4, 0.5) is 14.5 Å². The number of allylic oxidation sites excluding steroid dienone is 3. The van der Waals surface area contributed by atoms with E-state index in [0.29, 0.717) is 11.5 Å². The van der Waals surface area contributed by atoms with Gasteiger partial charge >= 0.3 is 0 Å². The van der Waals surface area contributed by atoms with E-state index in [9.17, 15) is 19.0 Å². The number of aliphatic hydroxyl groups excluding tert-OH is 1. The molecule has 0 radical (unpaired) electrons. The zero-order chi connectivity index (χ0) is 32.2. The topological polar surface area (TPSA) is 111 Å². The number of ether oxygens (including phenoxy) is 2. The molecular weight excluding hydrogens is 586 g/mol. The summed E-state index contributed by atoms with van der Waals surface area (Å²) in [7, 11) is 0. The van der Waals surface area contributed by atoms with E-state index in [-0.39, 0.29) is 35.2 Å². The number of aromatic hydroxyl groups is 1. The second kappa shape index (κ2) is 11.0. The second-order valence-electron chi connectivity index (χ2n) is 11.6. The molecule has 2 aliphatic carbocycles. The quantitative estimate of drug-likeness (QED) is 0.110. The molecule has 230 valence electrons. The van der Waals surface area contributed by atoms with Crippen molar-refractivity contribution < 1.29 is 28.5 Å². The average molecular weight is 617 g/mol. The van der Waals surface area contributed by atoms with Crippen LogP contribution in [0.15, 0.2) is 132 Å². The van der Waals surface area contributed by atoms with Gasteiger partial charge in [-0.3, -0.25) is 0 Å². The van der Waals surface area contributed by atoms with E-state index in [0.717, 1.165) is 33.4 Å². The fourth-order valence-corrected chi connectivity index (χ4v) is 6.54. The lowest BCUT2D eigenvalue weighted by Gasteiger charge is -2.34. The molecule has 0 saturated carbocycles. The maximum absolute atomic E-state index is 14.8. The number of hydrogen-bond acceptors (Lipinski definition) is 6. The molecule has 1 unspecified atom stereocenters. The molecule has 0 aliphatic heterocycles. The highest BCUT2D eigenvalue weighted by Crippen LogP contribution is 2.56. The number of benzene rings is 5. The fourth-order valence-electron chi connectivity index (χ4n) is 6.54. The van der Waals surface area contributed by atoms with Crippen LogP contribution in [-0.2, 0) is 5.41 Å². The number of phenolic OH excluding ortho intramolecular Hbond substituents is 1. The van der Waals surface area contributed by atoms with E-state index in [1.807, 2.05) is 48.5 Å². The van der Waals surface area contributed by atoms with Gasteiger partial charge in [0.1, 0.15) is 17.3 Å². The number of anilines is 1. The van der Waals surface area contributed by atoms with Gasteiger partial charge in [0.25, 0.3) is 0 Å². The molecule has 0 spiro atoms. The van der Waals surface area contributed by atoms with Gasteiger partial charge in [0.15, 0.2) is 17.3 Å². The van der Waals surface area contributed by atoms with Gasteiger partial charge in [-0.05, 0) is 69.8 Å². The molecule has 2 aliphatic rings. The van der Waals surface area contributed by atoms with Crippen LogP contribution in [0.3, 0.4) is 0 Å². The molecule has 0 heterocycles. The Kier molecular flexibility index (Phi) is 6.93. The Hall–Kier alpha value is -5.76. The minimum atomic E-state index is -0.936. The van der Waals surface area contributed by atoms with Gasteiger partial charge in [0.2, 0.25) is 11.6 Å². The summed E-state index contributed by atoms with van der Waals surface area (Å²) < 4.78 is 41.2. The first kappa shape index (κ1) is 29.0. The minimum absolute atomic E-state index is 0.0275. The maximum atomic E-state index is 14.8. The Bertz CT molecular complexity index is 2010. The van der Waals surface area contributed by atoms with Crippen LogP contribution in [0.25, 0.3) is 11.1 Å². The van der Waals surface area contributed by atoms with Crippen molar-refractivity contribution in [2.75, 3.05) is 5.73 Å². The number of nitrogen functional groups attached to an aromatic ring is 1. The van der Waals surface area contributed by atoms with Gasteiger partial charge in [0, 0.05) is 12.3 Å². The van der Waals surface area contributed by atoms with Crippen molar-refractivity contribution in [2.24, 2.45) is 11.7 Å². The van der Waals surface area contributed by atoms with Crippen molar-refractivity contribution in [3.63, 3.8) is 0 Å². The van der Waals surface area contributed by atoms with E-state index in [4.69, 9.17) is 20.9 Å². The van der Waals surface area contributed by atoms with Crippen LogP contribution in [0.5, 0.6) is 23.0 Å². The third kappa shape index (κ3) is 4.44. The zero-order valence-corrected chi connectivity index (χ0v) is 24.8. The average Bonchev–Trinajstić information content (AvgIpc) is 3.38. The molecule has 7 rings (SSSR count). The summed E-state index contributed by atoms with van der Waals surface area (Å²) in [6.07, 6.45) is 0.225. The molecule has 0 bridgehead atoms. The maximum Gasteiger partial charge on any atom is 0.209 e. The zero-order valence-electron chi connectivity index (χ0n) is 24.8. The van der Waals surface area contributed by atoms with Crippen molar-refractivity contribution in [3.8, 4) is 34.1 Å². The van der Waals surface area contributed by atoms with Crippen LogP contribution < -0.4 is 20.9 Å². The van der Waals surface area contributed by atoms with Gasteiger partial charge in [-0.15, -0.1) is 0 Å². The molecule has 5 aromatic carbocycles. The third-order valence-electron chi connectivity index (χ3n) is 8.86. The summed E-state index contributed by atoms with van der Waals surface area (Å²) in [6, 6.07) is 34.1. The minimum Gasteiger partial charge on any atom is -0.504 e. The summed E-state index contributed by atoms with van der Waals surface area (Å²) in [5, 5.41) is 20.1. The standard InChI is InChI=1S/C38H30F2N2O4/c1-21-20-32(34(40)37(44)35(21)42)46-25-16-12-23(13-17-25)38(28-8-4-2-6-26(28)27-7-3-5-9-29(27)38)22-10-14-24(15-11-22)45-31-19-18-30(41)36(43)33(31)39/h2-19,21,43-44H,20,41-42H2,1H3. The van der Waals surface area contributed by atoms with Crippen molar-refractivity contribution in [1.29, 1.82) is 0 Å². The number of rotatable bonds is 6. The Balaban J connectivity index is 1.32. The highest BCUT2D eigenvalue weighted by molar-refractivity contribution is 5.86. The fraction of sp³-hybridized carbons (Fsp3) is 0.105. The number of aliphatic hydroxyl groups is 1. The normalized spacial score (nSPS) is 16.6. The molecule has 1 atom stereocenters. The Morgan fingerprint density at radius 2 is 1.22 bits per heavy atom. The molecule has 0 amide bonds. The van der Waals surface area contributed by atoms with Crippen LogP contribution in [0.1, 0.15) is 35.6 Å². The van der Waals surface area contributed by atoms with Crippen LogP contribution >= 0.6 is 0 Å². The molecule has 46 heavy (non-hydrogen) atoms. The van der Waals surface area contributed by atoms with E-state index in [1.165, 1.54) is 12.1 Å². The Morgan fingerprint density at radius 3 is 1.78 bits per heavy atom. The lowest BCUT2D eigenvalue weighted by molar-refractivity contribution is 0.301. The summed E-state index contributed by atoms with van der Waals surface area (Å²) in [4.78, 5) is 0. The third-order valence-corrected chi connectivity index (χ3v) is 8.86. The highest BCUT2D eigenvalue weighted by atomic mass is 19.1. The molecule has 6 N–H and O–H groups in total. The Morgan fingerprint density at radius 1 is 0.696 bits per heavy atom. The monoisotopic (exact) mass is 616 g/mol. The number of halogens is 2. The largest absolute Gasteiger partial charge is 0.504 e. The molecule has 5 aromatic rings. The first-order chi connectivity index (χ1) is 22.2. The molecule has 6 nitrogen and oxygen atoms in total. The first-order valence-corrected chi connectivity index (χ1v) is 14.8. The van der Waals surface area contributed by atoms with Crippen LogP contribution in [0, 0.1) is 11.7 Å². The molecule has 0 fully saturated rings. The van der Waals surface area contributed by atoms with Crippen molar-refractivity contribution in [2.45, 2.75) is 18.8 Å². The number of hydrogen-bond donors (Lipinski definition) is 4. The smallest absolute Gasteiger partial charge is 0.209 e. The van der Waals surface area contributed by atoms with Crippen molar-refractivity contribution in [1.82, 2.24) is 0 Å². The summed E-state index contributed by atoms with van der Waals surface area (Å²) >= 11 is 0. The van der Waals surface area contributed by atoms with Crippen LogP contribution in [-0.4, -0.2) is 10.2 Å². The number of phenols is 1. The number of nitrogens with two attached hydrogens (primary N) is 2. The van der Waals surface area contributed by atoms with Crippen molar-refractivity contribution >= 4 is 5.69 Å². The predicted molar refractivity (Wildman–Crippen MR) is 173 cm³/mol. The van der Waals surface area contributed by atoms with Gasteiger partial charge < -0.3 is 31.2 Å². The van der Waals surface area contributed by atoms with E-state index < -0.39 is 28.6 Å². The molecule has 0 aromatic heterocycles. The van der Waals surface area contributed by atoms with Gasteiger partial charge in [-0.2, -0.15) is 8.78 Å². The molecule has 0 saturated heterocycles. The highest BCUT2D eigenvalue weighted by Gasteiger charge is 2.46. The predicted octanol–water partition coefficient (Wildman–Crippen LogP) is 8.60. The Labute approximate surface area is 264 Å². The van der Waals surface area contributed by atoms with Gasteiger partial charge in [0.05, 0.1) is 16.8 Å². The van der Waals surface area contributed by atoms with Crippen LogP contribution in [0.2, 0.25) is 0 Å². The van der Waals surface area contributed by atoms with E-state index >= 15 is 0 Å². The first-order valence-electron chi connectivity index (χ1n) is 14.8. The van der Waals surface area contributed by atoms with Crippen molar-refractivity contribution in [3.05, 3.63) is 160 Å². The lowest BCUT2D eigenvalue weighted by Crippen LogP contribution is -2.28. The summed E-state index contributed by atoms with van der Waals surface area (Å²) in [6.45, 7) is 1.80. The molecular formula is C38H30F2N2O4. The van der Waals surface area contributed by atoms with Gasteiger partial charge in [-0.25, -0.2) is 0 Å². The second-order valence-corrected chi connectivity index (χ2v) is 11.6. The van der Waals surface area contributed by atoms with Gasteiger partial charge in [-0.1, -0.05) is 79.7 Å². The van der Waals surface area contributed by atoms with E-state index in [2.05, 4.69) is 24.3 Å². The summed E-state index contributed by atoms with van der Waals surface area (Å²) in [5.74, 6) is -2.62. The summed E-state index contributed by atoms with van der Waals surface area (Å²) in [5.41, 5.74) is 17.0.